The molecule has 0 aliphatic heterocycles. The largest absolute Gasteiger partial charge is 0.416 e. The van der Waals surface area contributed by atoms with Gasteiger partial charge in [0.15, 0.2) is 5.13 Å². The number of nitrogens with one attached hydrogen (secondary N) is 1. The Morgan fingerprint density at radius 2 is 1.90 bits per heavy atom. The third-order valence-corrected chi connectivity index (χ3v) is 6.29. The maximum atomic E-state index is 13.1. The molecule has 1 heterocycles. The van der Waals surface area contributed by atoms with Gasteiger partial charge in [0.2, 0.25) is 5.91 Å². The fourth-order valence-electron chi connectivity index (χ4n) is 3.59. The first-order valence-electron chi connectivity index (χ1n) is 9.87. The molecule has 1 aliphatic carbocycles. The lowest BCUT2D eigenvalue weighted by Crippen LogP contribution is -2.45. The molecule has 1 aromatic heterocycles. The van der Waals surface area contributed by atoms with Crippen molar-refractivity contribution in [3.8, 4) is 0 Å². The van der Waals surface area contributed by atoms with Crippen LogP contribution in [0.3, 0.4) is 0 Å². The Morgan fingerprint density at radius 3 is 2.50 bits per heavy atom. The maximum Gasteiger partial charge on any atom is 0.416 e. The topological polar surface area (TPSA) is 62.3 Å². The average molecular weight is 440 g/mol. The fraction of sp³-hybridized carbons (Fsp3) is 0.476. The minimum Gasteiger partial charge on any atom is -0.326 e. The summed E-state index contributed by atoms with van der Waals surface area (Å²) in [6.45, 7) is 3.51. The number of carbonyl (C=O) groups is 2. The van der Waals surface area contributed by atoms with Gasteiger partial charge in [0.25, 0.3) is 5.91 Å². The number of anilines is 1. The number of hydrogen-bond donors (Lipinski definition) is 1. The summed E-state index contributed by atoms with van der Waals surface area (Å²) in [6.07, 6.45) is -0.191. The lowest BCUT2D eigenvalue weighted by atomic mass is 9.93. The van der Waals surface area contributed by atoms with E-state index < -0.39 is 23.6 Å². The Bertz CT molecular complexity index is 901. The van der Waals surface area contributed by atoms with Crippen molar-refractivity contribution in [3.05, 3.63) is 46.0 Å². The van der Waals surface area contributed by atoms with Crippen LogP contribution in [0.4, 0.5) is 18.3 Å². The number of aromatic nitrogens is 1. The van der Waals surface area contributed by atoms with E-state index in [0.29, 0.717) is 5.13 Å². The number of nitrogens with zero attached hydrogens (tertiary/aromatic N) is 2. The Kier molecular flexibility index (Phi) is 6.80. The van der Waals surface area contributed by atoms with E-state index in [1.165, 1.54) is 28.4 Å². The van der Waals surface area contributed by atoms with Crippen molar-refractivity contribution in [2.45, 2.75) is 58.2 Å². The van der Waals surface area contributed by atoms with Crippen molar-refractivity contribution in [2.75, 3.05) is 11.9 Å². The molecule has 1 aliphatic rings. The minimum atomic E-state index is -4.54. The number of halogens is 3. The zero-order valence-electron chi connectivity index (χ0n) is 16.9. The molecule has 2 amide bonds. The van der Waals surface area contributed by atoms with Gasteiger partial charge in [0.05, 0.1) is 11.3 Å². The SMILES string of the molecule is Cc1nc(NC(=O)CN(C(=O)c2cccc(C(F)(F)F)c2)C2CCCCC2)sc1C. The number of amides is 2. The number of thiazole rings is 1. The summed E-state index contributed by atoms with van der Waals surface area (Å²) in [7, 11) is 0. The van der Waals surface area contributed by atoms with E-state index in [9.17, 15) is 22.8 Å². The summed E-state index contributed by atoms with van der Waals surface area (Å²) in [5, 5.41) is 3.16. The van der Waals surface area contributed by atoms with Crippen molar-refractivity contribution in [1.82, 2.24) is 9.88 Å². The molecule has 162 valence electrons. The Hall–Kier alpha value is -2.42. The first kappa shape index (κ1) is 22.3. The van der Waals surface area contributed by atoms with Crippen LogP contribution in [-0.4, -0.2) is 34.3 Å². The molecule has 0 atom stereocenters. The molecular formula is C21H24F3N3O2S. The second-order valence-corrected chi connectivity index (χ2v) is 8.72. The van der Waals surface area contributed by atoms with E-state index in [-0.39, 0.29) is 18.2 Å². The highest BCUT2D eigenvalue weighted by molar-refractivity contribution is 7.15. The molecule has 1 N–H and O–H groups in total. The number of benzene rings is 1. The molecule has 1 fully saturated rings. The summed E-state index contributed by atoms with van der Waals surface area (Å²) in [6, 6.07) is 4.19. The predicted octanol–water partition coefficient (Wildman–Crippen LogP) is 5.19. The van der Waals surface area contributed by atoms with E-state index in [4.69, 9.17) is 0 Å². The number of alkyl halides is 3. The van der Waals surface area contributed by atoms with E-state index in [2.05, 4.69) is 10.3 Å². The van der Waals surface area contributed by atoms with Crippen molar-refractivity contribution in [1.29, 1.82) is 0 Å². The van der Waals surface area contributed by atoms with Gasteiger partial charge >= 0.3 is 6.18 Å². The Morgan fingerprint density at radius 1 is 1.20 bits per heavy atom. The van der Waals surface area contributed by atoms with Crippen LogP contribution in [0.15, 0.2) is 24.3 Å². The highest BCUT2D eigenvalue weighted by Crippen LogP contribution is 2.31. The van der Waals surface area contributed by atoms with Crippen LogP contribution in [-0.2, 0) is 11.0 Å². The van der Waals surface area contributed by atoms with Crippen LogP contribution in [0.25, 0.3) is 0 Å². The van der Waals surface area contributed by atoms with Gasteiger partial charge in [-0.15, -0.1) is 11.3 Å². The number of hydrogen-bond acceptors (Lipinski definition) is 4. The molecule has 3 rings (SSSR count). The second-order valence-electron chi connectivity index (χ2n) is 7.51. The van der Waals surface area contributed by atoms with Crippen molar-refractivity contribution < 1.29 is 22.8 Å². The smallest absolute Gasteiger partial charge is 0.326 e. The average Bonchev–Trinajstić information content (AvgIpc) is 3.02. The van der Waals surface area contributed by atoms with Gasteiger partial charge in [-0.25, -0.2) is 4.98 Å². The zero-order valence-corrected chi connectivity index (χ0v) is 17.7. The van der Waals surface area contributed by atoms with Gasteiger partial charge < -0.3 is 10.2 Å². The molecule has 1 saturated carbocycles. The van der Waals surface area contributed by atoms with E-state index >= 15 is 0 Å². The summed E-state index contributed by atoms with van der Waals surface area (Å²) in [5.74, 6) is -0.968. The molecule has 0 bridgehead atoms. The van der Waals surface area contributed by atoms with Crippen molar-refractivity contribution >= 4 is 28.3 Å². The number of carbonyl (C=O) groups excluding carboxylic acids is 2. The van der Waals surface area contributed by atoms with E-state index in [0.717, 1.165) is 54.8 Å². The second kappa shape index (κ2) is 9.16. The van der Waals surface area contributed by atoms with Crippen LogP contribution in [0, 0.1) is 13.8 Å². The molecule has 0 saturated heterocycles. The number of aryl methyl sites for hydroxylation is 2. The molecule has 2 aromatic rings. The number of rotatable bonds is 5. The zero-order chi connectivity index (χ0) is 21.9. The predicted molar refractivity (Wildman–Crippen MR) is 110 cm³/mol. The normalized spacial score (nSPS) is 15.1. The molecule has 9 heteroatoms. The van der Waals surface area contributed by atoms with Crippen molar-refractivity contribution in [2.24, 2.45) is 0 Å². The molecule has 5 nitrogen and oxygen atoms in total. The Balaban J connectivity index is 1.81. The first-order valence-corrected chi connectivity index (χ1v) is 10.7. The van der Waals surface area contributed by atoms with Crippen LogP contribution < -0.4 is 5.32 Å². The molecule has 0 radical (unpaired) electrons. The van der Waals surface area contributed by atoms with Crippen LogP contribution in [0.1, 0.15) is 58.6 Å². The molecular weight excluding hydrogens is 415 g/mol. The highest BCUT2D eigenvalue weighted by Gasteiger charge is 2.33. The van der Waals surface area contributed by atoms with Crippen LogP contribution in [0.5, 0.6) is 0 Å². The molecule has 0 unspecified atom stereocenters. The van der Waals surface area contributed by atoms with Crippen LogP contribution in [0.2, 0.25) is 0 Å². The summed E-state index contributed by atoms with van der Waals surface area (Å²) >= 11 is 1.34. The van der Waals surface area contributed by atoms with Gasteiger partial charge in [0.1, 0.15) is 6.54 Å². The van der Waals surface area contributed by atoms with Crippen LogP contribution >= 0.6 is 11.3 Å². The minimum absolute atomic E-state index is 0.0656. The lowest BCUT2D eigenvalue weighted by molar-refractivity contribution is -0.137. The highest BCUT2D eigenvalue weighted by atomic mass is 32.1. The molecule has 1 aromatic carbocycles. The summed E-state index contributed by atoms with van der Waals surface area (Å²) < 4.78 is 39.2. The fourth-order valence-corrected chi connectivity index (χ4v) is 4.42. The first-order chi connectivity index (χ1) is 14.1. The maximum absolute atomic E-state index is 13.1. The monoisotopic (exact) mass is 439 g/mol. The van der Waals surface area contributed by atoms with Gasteiger partial charge in [-0.3, -0.25) is 9.59 Å². The van der Waals surface area contributed by atoms with Gasteiger partial charge in [-0.05, 0) is 44.9 Å². The third kappa shape index (κ3) is 5.38. The quantitative estimate of drug-likeness (QED) is 0.697. The Labute approximate surface area is 177 Å². The summed E-state index contributed by atoms with van der Waals surface area (Å²) in [4.78, 5) is 32.4. The van der Waals surface area contributed by atoms with E-state index in [1.54, 1.807) is 0 Å². The lowest BCUT2D eigenvalue weighted by Gasteiger charge is -2.34. The van der Waals surface area contributed by atoms with E-state index in [1.807, 2.05) is 13.8 Å². The molecule has 0 spiro atoms. The van der Waals surface area contributed by atoms with Crippen molar-refractivity contribution in [3.63, 3.8) is 0 Å². The summed E-state index contributed by atoms with van der Waals surface area (Å²) in [5.41, 5.74) is -0.126. The van der Waals surface area contributed by atoms with Gasteiger partial charge in [-0.2, -0.15) is 13.2 Å². The standard InChI is InChI=1S/C21H24F3N3O2S/c1-13-14(2)30-20(25-13)26-18(28)12-27(17-9-4-3-5-10-17)19(29)15-7-6-8-16(11-15)21(22,23)24/h6-8,11,17H,3-5,9-10,12H2,1-2H3,(H,25,26,28). The third-order valence-electron chi connectivity index (χ3n) is 5.30. The molecule has 30 heavy (non-hydrogen) atoms. The van der Waals surface area contributed by atoms with Gasteiger partial charge in [0, 0.05) is 16.5 Å². The van der Waals surface area contributed by atoms with Gasteiger partial charge in [-0.1, -0.05) is 25.3 Å².